The summed E-state index contributed by atoms with van der Waals surface area (Å²) < 4.78 is 4.71. The van der Waals surface area contributed by atoms with Gasteiger partial charge in [0.1, 0.15) is 5.69 Å². The summed E-state index contributed by atoms with van der Waals surface area (Å²) in [6.45, 7) is 1.61. The number of carbonyl (C=O) groups excluding carboxylic acids is 1. The van der Waals surface area contributed by atoms with Gasteiger partial charge in [0, 0.05) is 6.20 Å². The zero-order valence-corrected chi connectivity index (χ0v) is 9.25. The molecule has 0 fully saturated rings. The first kappa shape index (κ1) is 11.7. The highest BCUT2D eigenvalue weighted by molar-refractivity contribution is 6.03. The number of rotatable bonds is 3. The minimum atomic E-state index is -1.16. The summed E-state index contributed by atoms with van der Waals surface area (Å²) in [7, 11) is 0. The van der Waals surface area contributed by atoms with Crippen LogP contribution < -0.4 is 5.32 Å². The normalized spacial score (nSPS) is 10.1. The van der Waals surface area contributed by atoms with E-state index in [1.165, 1.54) is 12.1 Å². The number of nitrogens with one attached hydrogen (secondary N) is 1. The van der Waals surface area contributed by atoms with Gasteiger partial charge < -0.3 is 9.63 Å². The van der Waals surface area contributed by atoms with E-state index >= 15 is 0 Å². The van der Waals surface area contributed by atoms with E-state index in [2.05, 4.69) is 20.4 Å². The van der Waals surface area contributed by atoms with Crippen molar-refractivity contribution < 1.29 is 19.2 Å². The van der Waals surface area contributed by atoms with Crippen molar-refractivity contribution in [1.82, 2.24) is 15.1 Å². The van der Waals surface area contributed by atoms with E-state index in [9.17, 15) is 9.59 Å². The van der Waals surface area contributed by atoms with Crippen molar-refractivity contribution in [1.29, 1.82) is 0 Å². The first-order valence-corrected chi connectivity index (χ1v) is 4.87. The van der Waals surface area contributed by atoms with Crippen LogP contribution in [0.25, 0.3) is 0 Å². The molecule has 0 saturated heterocycles. The van der Waals surface area contributed by atoms with E-state index in [1.807, 2.05) is 0 Å². The molecular formula is C10H8N4O4. The molecule has 0 aliphatic heterocycles. The highest BCUT2D eigenvalue weighted by Crippen LogP contribution is 2.06. The van der Waals surface area contributed by atoms with E-state index in [4.69, 9.17) is 9.63 Å². The van der Waals surface area contributed by atoms with E-state index in [-0.39, 0.29) is 17.3 Å². The summed E-state index contributed by atoms with van der Waals surface area (Å²) in [4.78, 5) is 29.7. The molecule has 0 spiro atoms. The Morgan fingerprint density at radius 3 is 2.67 bits per heavy atom. The monoisotopic (exact) mass is 248 g/mol. The predicted molar refractivity (Wildman–Crippen MR) is 58.2 cm³/mol. The molecule has 2 rings (SSSR count). The zero-order valence-electron chi connectivity index (χ0n) is 9.25. The number of carbonyl (C=O) groups is 2. The van der Waals surface area contributed by atoms with Gasteiger partial charge in [0.05, 0.1) is 5.56 Å². The average Bonchev–Trinajstić information content (AvgIpc) is 2.75. The van der Waals surface area contributed by atoms with Gasteiger partial charge in [0.15, 0.2) is 5.82 Å². The molecule has 0 aliphatic rings. The molecule has 0 radical (unpaired) electrons. The number of hydrogen-bond donors (Lipinski definition) is 2. The lowest BCUT2D eigenvalue weighted by Gasteiger charge is -2.00. The molecule has 0 atom stereocenters. The number of hydrogen-bond acceptors (Lipinski definition) is 6. The van der Waals surface area contributed by atoms with E-state index < -0.39 is 11.9 Å². The van der Waals surface area contributed by atoms with Gasteiger partial charge in [0.25, 0.3) is 5.91 Å². The second kappa shape index (κ2) is 4.62. The second-order valence-corrected chi connectivity index (χ2v) is 3.34. The van der Waals surface area contributed by atoms with E-state index in [0.717, 1.165) is 6.20 Å². The maximum Gasteiger partial charge on any atom is 0.354 e. The Morgan fingerprint density at radius 1 is 1.39 bits per heavy atom. The third-order valence-corrected chi connectivity index (χ3v) is 1.99. The molecule has 0 bridgehead atoms. The van der Waals surface area contributed by atoms with Crippen LogP contribution in [0, 0.1) is 6.92 Å². The van der Waals surface area contributed by atoms with Crippen LogP contribution in [-0.4, -0.2) is 32.1 Å². The fourth-order valence-corrected chi connectivity index (χ4v) is 1.17. The highest BCUT2D eigenvalue weighted by atomic mass is 16.5. The first-order chi connectivity index (χ1) is 8.56. The molecule has 92 valence electrons. The second-order valence-electron chi connectivity index (χ2n) is 3.34. The van der Waals surface area contributed by atoms with Gasteiger partial charge in [-0.25, -0.2) is 9.78 Å². The van der Waals surface area contributed by atoms with Gasteiger partial charge in [-0.2, -0.15) is 4.98 Å². The minimum absolute atomic E-state index is 0.0280. The van der Waals surface area contributed by atoms with Gasteiger partial charge in [-0.1, -0.05) is 5.16 Å². The highest BCUT2D eigenvalue weighted by Gasteiger charge is 2.12. The van der Waals surface area contributed by atoms with Crippen molar-refractivity contribution in [2.45, 2.75) is 6.92 Å². The lowest BCUT2D eigenvalue weighted by molar-refractivity contribution is 0.0690. The summed E-state index contributed by atoms with van der Waals surface area (Å²) >= 11 is 0. The lowest BCUT2D eigenvalue weighted by atomic mass is 10.2. The SMILES string of the molecule is Cc1noc(NC(=O)c2ccc(C(=O)O)nc2)n1. The Bertz CT molecular complexity index is 590. The number of amides is 1. The Balaban J connectivity index is 2.11. The van der Waals surface area contributed by atoms with Crippen LogP contribution in [0.2, 0.25) is 0 Å². The van der Waals surface area contributed by atoms with Crippen molar-refractivity contribution in [2.24, 2.45) is 0 Å². The number of carboxylic acid groups (broad SMARTS) is 1. The average molecular weight is 248 g/mol. The van der Waals surface area contributed by atoms with Crippen LogP contribution in [0.15, 0.2) is 22.9 Å². The van der Waals surface area contributed by atoms with Crippen molar-refractivity contribution in [3.8, 4) is 0 Å². The van der Waals surface area contributed by atoms with E-state index in [0.29, 0.717) is 5.82 Å². The van der Waals surface area contributed by atoms with Crippen LogP contribution >= 0.6 is 0 Å². The topological polar surface area (TPSA) is 118 Å². The van der Waals surface area contributed by atoms with Gasteiger partial charge >= 0.3 is 12.0 Å². The van der Waals surface area contributed by atoms with Crippen molar-refractivity contribution in [3.63, 3.8) is 0 Å². The first-order valence-electron chi connectivity index (χ1n) is 4.87. The molecule has 2 heterocycles. The maximum absolute atomic E-state index is 11.7. The predicted octanol–water partition coefficient (Wildman–Crippen LogP) is 0.724. The van der Waals surface area contributed by atoms with Crippen molar-refractivity contribution in [3.05, 3.63) is 35.4 Å². The van der Waals surface area contributed by atoms with Gasteiger partial charge in [-0.15, -0.1) is 0 Å². The minimum Gasteiger partial charge on any atom is -0.477 e. The Morgan fingerprint density at radius 2 is 2.17 bits per heavy atom. The van der Waals surface area contributed by atoms with Gasteiger partial charge in [-0.05, 0) is 19.1 Å². The van der Waals surface area contributed by atoms with Crippen LogP contribution in [0.1, 0.15) is 26.7 Å². The van der Waals surface area contributed by atoms with Gasteiger partial charge in [0.2, 0.25) is 0 Å². The van der Waals surface area contributed by atoms with Crippen LogP contribution in [-0.2, 0) is 0 Å². The number of aryl methyl sites for hydroxylation is 1. The zero-order chi connectivity index (χ0) is 13.1. The Kier molecular flexibility index (Phi) is 3.00. The summed E-state index contributed by atoms with van der Waals surface area (Å²) in [6.07, 6.45) is 1.15. The molecule has 1 amide bonds. The molecule has 2 aromatic rings. The third kappa shape index (κ3) is 2.48. The number of carboxylic acids is 1. The molecule has 18 heavy (non-hydrogen) atoms. The smallest absolute Gasteiger partial charge is 0.354 e. The maximum atomic E-state index is 11.7. The molecule has 0 saturated carbocycles. The van der Waals surface area contributed by atoms with Crippen molar-refractivity contribution >= 4 is 17.9 Å². The van der Waals surface area contributed by atoms with Crippen LogP contribution in [0.4, 0.5) is 6.01 Å². The third-order valence-electron chi connectivity index (χ3n) is 1.99. The number of aromatic carboxylic acids is 1. The molecule has 2 aromatic heterocycles. The summed E-state index contributed by atoms with van der Waals surface area (Å²) in [5.41, 5.74) is 0.0519. The summed E-state index contributed by atoms with van der Waals surface area (Å²) in [6, 6.07) is 2.55. The fourth-order valence-electron chi connectivity index (χ4n) is 1.17. The molecule has 2 N–H and O–H groups in total. The van der Waals surface area contributed by atoms with Crippen LogP contribution in [0.5, 0.6) is 0 Å². The molecular weight excluding hydrogens is 240 g/mol. The fraction of sp³-hybridized carbons (Fsp3) is 0.100. The number of anilines is 1. The quantitative estimate of drug-likeness (QED) is 0.821. The van der Waals surface area contributed by atoms with Crippen molar-refractivity contribution in [2.75, 3.05) is 5.32 Å². The molecule has 8 heteroatoms. The number of aromatic nitrogens is 3. The molecule has 0 aliphatic carbocycles. The summed E-state index contributed by atoms with van der Waals surface area (Å²) in [5.74, 6) is -1.28. The standard InChI is InChI=1S/C10H8N4O4/c1-5-12-10(18-14-5)13-8(15)6-2-3-7(9(16)17)11-4-6/h2-4H,1H3,(H,16,17)(H,12,13,14,15). The summed E-state index contributed by atoms with van der Waals surface area (Å²) in [5, 5.41) is 14.5. The number of nitrogens with zero attached hydrogens (tertiary/aromatic N) is 3. The molecule has 0 aromatic carbocycles. The number of pyridine rings is 1. The largest absolute Gasteiger partial charge is 0.477 e. The Labute approximate surface area is 101 Å². The van der Waals surface area contributed by atoms with Crippen LogP contribution in [0.3, 0.4) is 0 Å². The Hall–Kier alpha value is -2.77. The molecule has 8 nitrogen and oxygen atoms in total. The van der Waals surface area contributed by atoms with E-state index in [1.54, 1.807) is 6.92 Å². The molecule has 0 unspecified atom stereocenters. The van der Waals surface area contributed by atoms with Gasteiger partial charge in [-0.3, -0.25) is 10.1 Å². The lowest BCUT2D eigenvalue weighted by Crippen LogP contribution is -2.13.